The third-order valence-electron chi connectivity index (χ3n) is 11.4. The fraction of sp³-hybridized carbons (Fsp3) is 0.727. The molecule has 0 aliphatic carbocycles. The van der Waals surface area contributed by atoms with Crippen LogP contribution in [0, 0.1) is 0 Å². The summed E-state index contributed by atoms with van der Waals surface area (Å²) < 4.78 is 0. The van der Waals surface area contributed by atoms with Crippen molar-refractivity contribution in [3.63, 3.8) is 0 Å². The van der Waals surface area contributed by atoms with Gasteiger partial charge in [0.05, 0.1) is 18.8 Å². The lowest BCUT2D eigenvalue weighted by Crippen LogP contribution is -2.60. The third-order valence-corrected chi connectivity index (χ3v) is 11.4. The van der Waals surface area contributed by atoms with E-state index in [1.54, 1.807) is 0 Å². The first-order valence-electron chi connectivity index (χ1n) is 24.1. The molecule has 1 aliphatic rings. The fourth-order valence-electron chi connectivity index (χ4n) is 7.13. The number of nitrogens with one attached hydrogen (secondary N) is 9. The molecule has 11 atom stereocenters. The van der Waals surface area contributed by atoms with Crippen LogP contribution in [-0.2, 0) is 52.7 Å². The number of carbonyl (C=O) groups is 11. The van der Waals surface area contributed by atoms with Gasteiger partial charge in [-0.1, -0.05) is 0 Å². The van der Waals surface area contributed by atoms with Gasteiger partial charge < -0.3 is 90.7 Å². The van der Waals surface area contributed by atoms with E-state index in [4.69, 9.17) is 22.9 Å². The normalized spacial score (nSPS) is 17.2. The van der Waals surface area contributed by atoms with Crippen molar-refractivity contribution >= 4 is 71.3 Å². The van der Waals surface area contributed by atoms with E-state index in [1.165, 1.54) is 46.4 Å². The van der Waals surface area contributed by atoms with Gasteiger partial charge >= 0.3 is 0 Å². The lowest BCUT2D eigenvalue weighted by atomic mass is 10.1. The van der Waals surface area contributed by atoms with E-state index in [2.05, 4.69) is 52.8 Å². The Morgan fingerprint density at radius 3 is 1.65 bits per heavy atom. The van der Waals surface area contributed by atoms with Gasteiger partial charge in [0, 0.05) is 26.6 Å². The summed E-state index contributed by atoms with van der Waals surface area (Å²) in [6, 6.07) is -12.4. The van der Waals surface area contributed by atoms with Gasteiger partial charge in [0.1, 0.15) is 60.7 Å². The number of nitrogens with zero attached hydrogens (tertiary/aromatic N) is 2. The molecule has 0 spiro atoms. The maximum atomic E-state index is 14.0. The number of hydrogen-bond acceptors (Lipinski definition) is 16. The van der Waals surface area contributed by atoms with Crippen LogP contribution in [0.3, 0.4) is 0 Å². The first-order valence-corrected chi connectivity index (χ1v) is 24.1. The van der Waals surface area contributed by atoms with Crippen LogP contribution >= 0.6 is 0 Å². The summed E-state index contributed by atoms with van der Waals surface area (Å²) in [4.78, 5) is 148. The largest absolute Gasteiger partial charge is 0.394 e. The molecule has 28 nitrogen and oxygen atoms in total. The number of carbonyl (C=O) groups excluding carboxylic acids is 11. The second-order valence-electron chi connectivity index (χ2n) is 17.7. The molecule has 0 bridgehead atoms. The molecule has 1 saturated heterocycles. The summed E-state index contributed by atoms with van der Waals surface area (Å²) in [5.41, 5.74) is 22.2. The number of hydrogen-bond donors (Lipinski definition) is 15. The highest BCUT2D eigenvalue weighted by Gasteiger charge is 2.38. The minimum Gasteiger partial charge on any atom is -0.394 e. The van der Waals surface area contributed by atoms with Crippen molar-refractivity contribution in [1.82, 2.24) is 52.8 Å². The molecular formula is C44H79N15O13. The summed E-state index contributed by atoms with van der Waals surface area (Å²) in [7, 11) is 0. The molecule has 10 amide bonds. The number of likely N-dealkylation sites (tertiary alicyclic amines) is 1. The lowest BCUT2D eigenvalue weighted by Gasteiger charge is -2.29. The van der Waals surface area contributed by atoms with Crippen molar-refractivity contribution in [3.8, 4) is 0 Å². The zero-order chi connectivity index (χ0) is 54.7. The molecule has 28 heteroatoms. The predicted octanol–water partition coefficient (Wildman–Crippen LogP) is -6.68. The number of guanidine groups is 1. The third kappa shape index (κ3) is 23.1. The molecule has 19 N–H and O–H groups in total. The summed E-state index contributed by atoms with van der Waals surface area (Å²) in [5.74, 6) is -7.74. The number of aliphatic hydroxyl groups is 2. The molecule has 0 radical (unpaired) electrons. The molecule has 1 fully saturated rings. The van der Waals surface area contributed by atoms with Crippen LogP contribution in [0.1, 0.15) is 106 Å². The van der Waals surface area contributed by atoms with E-state index in [9.17, 15) is 63.0 Å². The summed E-state index contributed by atoms with van der Waals surface area (Å²) >= 11 is 0. The summed E-state index contributed by atoms with van der Waals surface area (Å²) in [5, 5.41) is 42.5. The van der Waals surface area contributed by atoms with E-state index >= 15 is 0 Å². The second kappa shape index (κ2) is 33.2. The van der Waals surface area contributed by atoms with E-state index in [0.717, 1.165) is 0 Å². The molecule has 408 valence electrons. The van der Waals surface area contributed by atoms with Crippen LogP contribution in [0.15, 0.2) is 4.99 Å². The number of aliphatic imine (C=N–C) groups is 1. The van der Waals surface area contributed by atoms with Gasteiger partial charge in [-0.05, 0) is 105 Å². The minimum absolute atomic E-state index is 0.0242. The van der Waals surface area contributed by atoms with Gasteiger partial charge in [-0.3, -0.25) is 52.9 Å². The van der Waals surface area contributed by atoms with Gasteiger partial charge in [-0.25, -0.2) is 0 Å². The van der Waals surface area contributed by atoms with Crippen molar-refractivity contribution < 1.29 is 63.0 Å². The first kappa shape index (κ1) is 63.5. The lowest BCUT2D eigenvalue weighted by molar-refractivity contribution is -0.142. The maximum Gasteiger partial charge on any atom is 0.245 e. The van der Waals surface area contributed by atoms with Crippen molar-refractivity contribution in [1.29, 1.82) is 0 Å². The average Bonchev–Trinajstić information content (AvgIpc) is 3.82. The second-order valence-corrected chi connectivity index (χ2v) is 17.7. The highest BCUT2D eigenvalue weighted by molar-refractivity contribution is 5.98. The molecule has 1 heterocycles. The highest BCUT2D eigenvalue weighted by atomic mass is 16.3. The van der Waals surface area contributed by atoms with E-state index in [1.807, 2.05) is 0 Å². The van der Waals surface area contributed by atoms with Crippen molar-refractivity contribution in [3.05, 3.63) is 0 Å². The average molecular weight is 1030 g/mol. The number of amides is 10. The number of aliphatic hydroxyl groups excluding tert-OH is 2. The fourth-order valence-corrected chi connectivity index (χ4v) is 7.13. The molecule has 1 rings (SSSR count). The molecule has 72 heavy (non-hydrogen) atoms. The Bertz CT molecular complexity index is 1890. The Morgan fingerprint density at radius 2 is 1.12 bits per heavy atom. The zero-order valence-electron chi connectivity index (χ0n) is 42.1. The Hall–Kier alpha value is -6.52. The minimum atomic E-state index is -1.64. The Labute approximate surface area is 419 Å². The quantitative estimate of drug-likeness (QED) is 0.0126. The van der Waals surface area contributed by atoms with Gasteiger partial charge in [-0.2, -0.15) is 0 Å². The van der Waals surface area contributed by atoms with Crippen LogP contribution in [0.2, 0.25) is 0 Å². The first-order chi connectivity index (χ1) is 33.9. The Balaban J connectivity index is 3.25. The van der Waals surface area contributed by atoms with Crippen LogP contribution in [0.5, 0.6) is 0 Å². The highest BCUT2D eigenvalue weighted by Crippen LogP contribution is 2.19. The summed E-state index contributed by atoms with van der Waals surface area (Å²) in [6.07, 6.45) is 1.76. The number of nitrogens with two attached hydrogens (primary N) is 4. The van der Waals surface area contributed by atoms with E-state index in [0.29, 0.717) is 44.9 Å². The van der Waals surface area contributed by atoms with Crippen LogP contribution in [0.25, 0.3) is 0 Å². The molecular weight excluding hydrogens is 947 g/mol. The summed E-state index contributed by atoms with van der Waals surface area (Å²) in [6.45, 7) is 7.90. The van der Waals surface area contributed by atoms with Crippen LogP contribution in [0.4, 0.5) is 0 Å². The molecule has 0 aromatic heterocycles. The van der Waals surface area contributed by atoms with E-state index < -0.39 is 126 Å². The smallest absolute Gasteiger partial charge is 0.245 e. The standard InChI is InChI=1S/C44H79N15O13/c1-23(21-60)51-41(70)33-16-12-20-59(33)43(72)26(4)54-40(69)32(22-61)58-39(68)30(14-8-10-18-49-28(6)63)56-38(67)31(15-11-19-50-44(47)48)55-36(65)25(3)52-35(64)24(2)53-37(66)29(13-7-9-17-45)57-42(71)34(46)27(5)62/h21,23-27,29-34,61-62H,7-20,22,45-46H2,1-6H3,(H,49,63)(H,51,70)(H,52,64)(H,53,66)(H,54,69)(H,55,65)(H,56,67)(H,57,71)(H,58,68)(H4,47,48,50)/t23-,24-,25-,26-,27+,29-,30-,31-,32-,33-,34-/m0/s1. The predicted molar refractivity (Wildman–Crippen MR) is 261 cm³/mol. The molecule has 1 aliphatic heterocycles. The monoisotopic (exact) mass is 1030 g/mol. The van der Waals surface area contributed by atoms with E-state index in [-0.39, 0.29) is 63.6 Å². The SMILES string of the molecule is CC(=O)NCCCC[C@H](NC(=O)[C@H](CCCN=C(N)N)NC(=O)[C@H](C)NC(=O)[C@H](C)NC(=O)[C@H](CCCCN)NC(=O)[C@@H](N)[C@@H](C)O)C(=O)N[C@@H](CO)C(=O)N[C@@H](C)C(=O)N1CCC[C@H]1C(=O)N[C@@H](C)C=O. The van der Waals surface area contributed by atoms with Crippen molar-refractivity contribution in [2.75, 3.05) is 32.8 Å². The van der Waals surface area contributed by atoms with Gasteiger partial charge in [0.15, 0.2) is 5.96 Å². The van der Waals surface area contributed by atoms with Gasteiger partial charge in [0.25, 0.3) is 0 Å². The zero-order valence-corrected chi connectivity index (χ0v) is 42.1. The molecule has 0 aromatic rings. The van der Waals surface area contributed by atoms with Gasteiger partial charge in [-0.15, -0.1) is 0 Å². The maximum absolute atomic E-state index is 14.0. The Morgan fingerprint density at radius 1 is 0.653 bits per heavy atom. The molecule has 0 saturated carbocycles. The Kier molecular flexibility index (Phi) is 29.3. The van der Waals surface area contributed by atoms with Gasteiger partial charge in [0.2, 0.25) is 59.1 Å². The van der Waals surface area contributed by atoms with Crippen LogP contribution in [-0.4, -0.2) is 186 Å². The molecule has 0 unspecified atom stereocenters. The number of aldehydes is 1. The van der Waals surface area contributed by atoms with Crippen molar-refractivity contribution in [2.45, 2.75) is 172 Å². The number of rotatable bonds is 33. The topological polar surface area (TPSA) is 456 Å². The van der Waals surface area contributed by atoms with Crippen molar-refractivity contribution in [2.24, 2.45) is 27.9 Å². The molecule has 0 aromatic carbocycles. The number of unbranched alkanes of at least 4 members (excludes halogenated alkanes) is 2. The van der Waals surface area contributed by atoms with Crippen LogP contribution < -0.4 is 70.8 Å².